The lowest BCUT2D eigenvalue weighted by molar-refractivity contribution is 0.340. The summed E-state index contributed by atoms with van der Waals surface area (Å²) in [4.78, 5) is 3.89. The van der Waals surface area contributed by atoms with Crippen LogP contribution in [0.4, 0.5) is 5.69 Å². The van der Waals surface area contributed by atoms with Crippen molar-refractivity contribution >= 4 is 43.2 Å². The van der Waals surface area contributed by atoms with Gasteiger partial charge in [-0.2, -0.15) is 0 Å². The SMILES string of the molecule is CCOc1ccc(NS(=O)(=O)c2cncc(Br)c2)cc1Cl. The van der Waals surface area contributed by atoms with Crippen LogP contribution in [0.5, 0.6) is 5.75 Å². The largest absolute Gasteiger partial charge is 0.492 e. The molecule has 1 aromatic carbocycles. The number of nitrogens with one attached hydrogen (secondary N) is 1. The van der Waals surface area contributed by atoms with Crippen molar-refractivity contribution in [1.82, 2.24) is 4.98 Å². The van der Waals surface area contributed by atoms with Crippen molar-refractivity contribution in [2.24, 2.45) is 0 Å². The van der Waals surface area contributed by atoms with Crippen LogP contribution < -0.4 is 9.46 Å². The van der Waals surface area contributed by atoms with Crippen LogP contribution in [0.2, 0.25) is 5.02 Å². The minimum Gasteiger partial charge on any atom is -0.492 e. The molecular formula is C13H12BrClN2O3S. The number of halogens is 2. The van der Waals surface area contributed by atoms with E-state index in [4.69, 9.17) is 16.3 Å². The van der Waals surface area contributed by atoms with Crippen LogP contribution >= 0.6 is 27.5 Å². The number of sulfonamides is 1. The Bertz CT molecular complexity index is 753. The zero-order chi connectivity index (χ0) is 15.5. The van der Waals surface area contributed by atoms with E-state index in [0.717, 1.165) is 0 Å². The molecule has 8 heteroatoms. The smallest absolute Gasteiger partial charge is 0.263 e. The maximum absolute atomic E-state index is 12.2. The highest BCUT2D eigenvalue weighted by molar-refractivity contribution is 9.10. The van der Waals surface area contributed by atoms with E-state index in [-0.39, 0.29) is 4.90 Å². The molecule has 0 aliphatic rings. The van der Waals surface area contributed by atoms with Gasteiger partial charge in [0.05, 0.1) is 17.3 Å². The average molecular weight is 392 g/mol. The van der Waals surface area contributed by atoms with Crippen LogP contribution in [-0.2, 0) is 10.0 Å². The number of pyridine rings is 1. The monoisotopic (exact) mass is 390 g/mol. The van der Waals surface area contributed by atoms with Crippen molar-refractivity contribution in [3.05, 3.63) is 46.2 Å². The van der Waals surface area contributed by atoms with Crippen molar-refractivity contribution in [1.29, 1.82) is 0 Å². The second kappa shape index (κ2) is 6.64. The Morgan fingerprint density at radius 1 is 1.33 bits per heavy atom. The van der Waals surface area contributed by atoms with Gasteiger partial charge in [0.1, 0.15) is 10.6 Å². The summed E-state index contributed by atoms with van der Waals surface area (Å²) in [6.45, 7) is 2.32. The van der Waals surface area contributed by atoms with Crippen LogP contribution in [0.3, 0.4) is 0 Å². The van der Waals surface area contributed by atoms with Gasteiger partial charge in [-0.05, 0) is 47.1 Å². The molecule has 21 heavy (non-hydrogen) atoms. The average Bonchev–Trinajstić information content (AvgIpc) is 2.42. The fraction of sp³-hybridized carbons (Fsp3) is 0.154. The highest BCUT2D eigenvalue weighted by atomic mass is 79.9. The fourth-order valence-electron chi connectivity index (χ4n) is 1.59. The molecule has 0 bridgehead atoms. The minimum atomic E-state index is -3.72. The van der Waals surface area contributed by atoms with Gasteiger partial charge in [-0.25, -0.2) is 8.42 Å². The van der Waals surface area contributed by atoms with Crippen molar-refractivity contribution in [3.8, 4) is 5.75 Å². The molecule has 1 N–H and O–H groups in total. The number of aromatic nitrogens is 1. The Morgan fingerprint density at radius 3 is 2.71 bits per heavy atom. The van der Waals surface area contributed by atoms with E-state index >= 15 is 0 Å². The van der Waals surface area contributed by atoms with Crippen LogP contribution in [0.15, 0.2) is 46.0 Å². The Morgan fingerprint density at radius 2 is 2.10 bits per heavy atom. The van der Waals surface area contributed by atoms with E-state index in [9.17, 15) is 8.42 Å². The Kier molecular flexibility index (Phi) is 5.08. The van der Waals surface area contributed by atoms with Gasteiger partial charge in [0.25, 0.3) is 10.0 Å². The molecule has 0 fully saturated rings. The van der Waals surface area contributed by atoms with E-state index in [0.29, 0.717) is 27.5 Å². The molecule has 0 radical (unpaired) electrons. The van der Waals surface area contributed by atoms with Crippen LogP contribution in [-0.4, -0.2) is 20.0 Å². The number of benzene rings is 1. The van der Waals surface area contributed by atoms with Gasteiger partial charge in [-0.15, -0.1) is 0 Å². The van der Waals surface area contributed by atoms with Gasteiger partial charge in [0.2, 0.25) is 0 Å². The molecule has 0 aliphatic carbocycles. The molecule has 2 rings (SSSR count). The fourth-order valence-corrected chi connectivity index (χ4v) is 3.38. The first-order valence-electron chi connectivity index (χ1n) is 5.98. The summed E-state index contributed by atoms with van der Waals surface area (Å²) in [5, 5.41) is 0.337. The first kappa shape index (κ1) is 16.1. The summed E-state index contributed by atoms with van der Waals surface area (Å²) in [5.74, 6) is 0.506. The predicted molar refractivity (Wildman–Crippen MR) is 85.4 cm³/mol. The molecular weight excluding hydrogens is 380 g/mol. The topological polar surface area (TPSA) is 68.3 Å². The lowest BCUT2D eigenvalue weighted by Gasteiger charge is -2.10. The zero-order valence-corrected chi connectivity index (χ0v) is 14.2. The molecule has 0 unspecified atom stereocenters. The van der Waals surface area contributed by atoms with E-state index in [1.165, 1.54) is 24.5 Å². The quantitative estimate of drug-likeness (QED) is 0.844. The number of rotatable bonds is 5. The Balaban J connectivity index is 2.27. The number of nitrogens with zero attached hydrogens (tertiary/aromatic N) is 1. The molecule has 1 heterocycles. The first-order valence-corrected chi connectivity index (χ1v) is 8.63. The summed E-state index contributed by atoms with van der Waals surface area (Å²) in [6.07, 6.45) is 2.77. The highest BCUT2D eigenvalue weighted by Gasteiger charge is 2.15. The van der Waals surface area contributed by atoms with E-state index in [1.807, 2.05) is 6.92 Å². The van der Waals surface area contributed by atoms with Crippen molar-refractivity contribution in [2.75, 3.05) is 11.3 Å². The molecule has 0 amide bonds. The van der Waals surface area contributed by atoms with Gasteiger partial charge in [-0.1, -0.05) is 11.6 Å². The maximum atomic E-state index is 12.2. The summed E-state index contributed by atoms with van der Waals surface area (Å²) in [6, 6.07) is 6.16. The zero-order valence-electron chi connectivity index (χ0n) is 11.0. The second-order valence-electron chi connectivity index (χ2n) is 4.02. The summed E-state index contributed by atoms with van der Waals surface area (Å²) >= 11 is 9.21. The lowest BCUT2D eigenvalue weighted by atomic mass is 10.3. The predicted octanol–water partition coefficient (Wildman–Crippen LogP) is 3.70. The maximum Gasteiger partial charge on any atom is 0.263 e. The second-order valence-corrected chi connectivity index (χ2v) is 7.03. The van der Waals surface area contributed by atoms with Gasteiger partial charge in [0.15, 0.2) is 0 Å². The van der Waals surface area contributed by atoms with Gasteiger partial charge < -0.3 is 4.74 Å². The third-order valence-electron chi connectivity index (χ3n) is 2.47. The Labute approximate surface area is 136 Å². The first-order chi connectivity index (χ1) is 9.92. The van der Waals surface area contributed by atoms with Crippen LogP contribution in [0.25, 0.3) is 0 Å². The molecule has 0 aliphatic heterocycles. The minimum absolute atomic E-state index is 0.0573. The van der Waals surface area contributed by atoms with E-state index < -0.39 is 10.0 Å². The highest BCUT2D eigenvalue weighted by Crippen LogP contribution is 2.29. The lowest BCUT2D eigenvalue weighted by Crippen LogP contribution is -2.13. The van der Waals surface area contributed by atoms with Gasteiger partial charge >= 0.3 is 0 Å². The van der Waals surface area contributed by atoms with Crippen molar-refractivity contribution in [3.63, 3.8) is 0 Å². The summed E-state index contributed by atoms with van der Waals surface area (Å²) in [7, 11) is -3.72. The van der Waals surface area contributed by atoms with Crippen LogP contribution in [0.1, 0.15) is 6.92 Å². The summed E-state index contributed by atoms with van der Waals surface area (Å²) < 4.78 is 32.8. The Hall–Kier alpha value is -1.31. The molecule has 0 saturated heterocycles. The number of hydrogen-bond acceptors (Lipinski definition) is 4. The normalized spacial score (nSPS) is 11.2. The van der Waals surface area contributed by atoms with Gasteiger partial charge in [-0.3, -0.25) is 9.71 Å². The van der Waals surface area contributed by atoms with E-state index in [2.05, 4.69) is 25.6 Å². The van der Waals surface area contributed by atoms with Gasteiger partial charge in [0, 0.05) is 16.9 Å². The van der Waals surface area contributed by atoms with E-state index in [1.54, 1.807) is 12.1 Å². The van der Waals surface area contributed by atoms with Crippen molar-refractivity contribution < 1.29 is 13.2 Å². The molecule has 0 spiro atoms. The third kappa shape index (κ3) is 4.09. The molecule has 5 nitrogen and oxygen atoms in total. The molecule has 1 aromatic heterocycles. The molecule has 0 atom stereocenters. The number of ether oxygens (including phenoxy) is 1. The summed E-state index contributed by atoms with van der Waals surface area (Å²) in [5.41, 5.74) is 0.350. The molecule has 2 aromatic rings. The number of anilines is 1. The molecule has 0 saturated carbocycles. The third-order valence-corrected chi connectivity index (χ3v) is 4.55. The number of hydrogen-bond donors (Lipinski definition) is 1. The van der Waals surface area contributed by atoms with Crippen molar-refractivity contribution in [2.45, 2.75) is 11.8 Å². The van der Waals surface area contributed by atoms with Crippen LogP contribution in [0, 0.1) is 0 Å². The standard InChI is InChI=1S/C13H12BrClN2O3S/c1-2-20-13-4-3-10(6-12(13)15)17-21(18,19)11-5-9(14)7-16-8-11/h3-8,17H,2H2,1H3. The molecule has 112 valence electrons.